The maximum Gasteiger partial charge on any atom is -0.412 e. The zero-order chi connectivity index (χ0) is 11.1. The molecule has 1 heterocycles. The summed E-state index contributed by atoms with van der Waals surface area (Å²) in [5.74, 6) is 0. The van der Waals surface area contributed by atoms with Crippen LogP contribution in [0, 0.1) is 9.65 Å². The van der Waals surface area contributed by atoms with Gasteiger partial charge in [-0.25, -0.2) is 0 Å². The number of nitrogens with one attached hydrogen (secondary N) is 1. The van der Waals surface area contributed by atoms with E-state index < -0.39 is 0 Å². The summed E-state index contributed by atoms with van der Waals surface area (Å²) in [6.07, 6.45) is 7.59. The zero-order valence-corrected chi connectivity index (χ0v) is 17.1. The summed E-state index contributed by atoms with van der Waals surface area (Å²) in [5, 5.41) is 3.45. The molecule has 6 heteroatoms. The van der Waals surface area contributed by atoms with E-state index in [0.717, 1.165) is 5.70 Å². The van der Waals surface area contributed by atoms with E-state index in [1.54, 1.807) is 0 Å². The van der Waals surface area contributed by atoms with Crippen molar-refractivity contribution in [2.24, 2.45) is 0 Å². The molecule has 0 bridgehead atoms. The van der Waals surface area contributed by atoms with Crippen LogP contribution in [0.3, 0.4) is 0 Å². The van der Waals surface area contributed by atoms with Crippen LogP contribution in [0.5, 0.6) is 0 Å². The maximum atomic E-state index is 3.45. The first kappa shape index (κ1) is 16.9. The van der Waals surface area contributed by atoms with Crippen LogP contribution < -0.4 is 33.8 Å². The molecule has 3 rings (SSSR count). The van der Waals surface area contributed by atoms with E-state index in [2.05, 4.69) is 80.8 Å². The number of fused-ring (bicyclic) bond motifs is 1. The molecule has 0 saturated heterocycles. The third-order valence-corrected chi connectivity index (χ3v) is 5.89. The second kappa shape index (κ2) is 7.01. The first-order valence-electron chi connectivity index (χ1n) is 4.68. The van der Waals surface area contributed by atoms with Gasteiger partial charge >= 0.3 is 129 Å². The van der Waals surface area contributed by atoms with Gasteiger partial charge in [0.15, 0.2) is 0 Å². The van der Waals surface area contributed by atoms with Gasteiger partial charge in [-0.1, -0.05) is 0 Å². The molecule has 0 saturated carbocycles. The van der Waals surface area contributed by atoms with Crippen LogP contribution in [-0.4, -0.2) is 20.4 Å². The van der Waals surface area contributed by atoms with Crippen molar-refractivity contribution < 1.29 is 29.5 Å². The Morgan fingerprint density at radius 2 is 2.00 bits per heavy atom. The topological polar surface area (TPSA) is 43.5 Å². The normalized spacial score (nSPS) is 15.1. The molecule has 0 unspecified atom stereocenters. The predicted octanol–water partition coefficient (Wildman–Crippen LogP) is -0.871. The number of hydrogen-bond acceptors (Lipinski definition) is 1. The summed E-state index contributed by atoms with van der Waals surface area (Å²) < 4.78 is 5.39. The van der Waals surface area contributed by atoms with Crippen molar-refractivity contribution in [2.75, 3.05) is 5.32 Å². The molecule has 0 fully saturated rings. The molecule has 0 aromatic heterocycles. The summed E-state index contributed by atoms with van der Waals surface area (Å²) in [7, 11) is 0. The Morgan fingerprint density at radius 3 is 2.78 bits per heavy atom. The molecule has 1 aliphatic carbocycles. The Bertz CT molecular complexity index is 566. The molecule has 0 atom stereocenters. The molecule has 2 aliphatic rings. The SMILES string of the molecule is IC1=CC2=C([C+]=C1)Nc1ccc(I)cc1[Se]2.O.[I-]. The fourth-order valence-corrected chi connectivity index (χ4v) is 5.68. The molecule has 1 aliphatic heterocycles. The fraction of sp³-hybridized carbons (Fsp3) is 0. The molecule has 3 N–H and O–H groups in total. The minimum absolute atomic E-state index is 0. The van der Waals surface area contributed by atoms with Crippen molar-refractivity contribution in [1.29, 1.82) is 0 Å². The van der Waals surface area contributed by atoms with Gasteiger partial charge in [-0.05, 0) is 0 Å². The van der Waals surface area contributed by atoms with Gasteiger partial charge in [-0.2, -0.15) is 0 Å². The molecular weight excluding hydrogens is 634 g/mol. The Balaban J connectivity index is 0.000000810. The van der Waals surface area contributed by atoms with Crippen LogP contribution in [0.15, 0.2) is 44.1 Å². The Morgan fingerprint density at radius 1 is 1.22 bits per heavy atom. The zero-order valence-electron chi connectivity index (χ0n) is 8.93. The molecule has 2 nitrogen and oxygen atoms in total. The number of hydrogen-bond donors (Lipinski definition) is 1. The summed E-state index contributed by atoms with van der Waals surface area (Å²) in [6.45, 7) is 0. The van der Waals surface area contributed by atoms with Gasteiger partial charge in [0, 0.05) is 0 Å². The molecular formula is C12H8I3NOSe. The van der Waals surface area contributed by atoms with Gasteiger partial charge in [-0.15, -0.1) is 0 Å². The second-order valence-corrected chi connectivity index (χ2v) is 8.19. The second-order valence-electron chi connectivity index (χ2n) is 3.42. The van der Waals surface area contributed by atoms with Crippen LogP contribution in [0.4, 0.5) is 5.69 Å². The van der Waals surface area contributed by atoms with Crippen LogP contribution in [0.1, 0.15) is 0 Å². The van der Waals surface area contributed by atoms with Gasteiger partial charge in [0.25, 0.3) is 0 Å². The maximum absolute atomic E-state index is 3.45. The van der Waals surface area contributed by atoms with Gasteiger partial charge in [0.1, 0.15) is 0 Å². The average molecular weight is 642 g/mol. The first-order valence-corrected chi connectivity index (χ1v) is 8.55. The standard InChI is InChI=1S/C12H6I2NSe.HI.H2O/c13-7-1-3-9-11(5-7)16-12-6-8(14)2-4-10(12)15-9;;/h1-3,5-6,15H;1H;1H2/q+1;;/p-1. The van der Waals surface area contributed by atoms with Crippen LogP contribution in [0.25, 0.3) is 0 Å². The third-order valence-electron chi connectivity index (χ3n) is 2.29. The molecule has 0 spiro atoms. The minimum Gasteiger partial charge on any atom is -1.00 e. The van der Waals surface area contributed by atoms with Crippen molar-refractivity contribution in [3.8, 4) is 0 Å². The molecule has 0 radical (unpaired) electrons. The van der Waals surface area contributed by atoms with Gasteiger partial charge in [0.05, 0.1) is 0 Å². The van der Waals surface area contributed by atoms with Crippen molar-refractivity contribution in [3.05, 3.63) is 53.7 Å². The number of anilines is 1. The first-order chi connectivity index (χ1) is 7.72. The Kier molecular flexibility index (Phi) is 6.57. The average Bonchev–Trinajstić information content (AvgIpc) is 2.26. The monoisotopic (exact) mass is 643 g/mol. The van der Waals surface area contributed by atoms with Crippen LogP contribution in [-0.2, 0) is 0 Å². The van der Waals surface area contributed by atoms with E-state index in [9.17, 15) is 0 Å². The summed E-state index contributed by atoms with van der Waals surface area (Å²) in [4.78, 5) is 0. The largest absolute Gasteiger partial charge is 1.00 e. The van der Waals surface area contributed by atoms with Crippen molar-refractivity contribution in [1.82, 2.24) is 0 Å². The molecule has 0 amide bonds. The fourth-order valence-electron chi connectivity index (χ4n) is 1.57. The van der Waals surface area contributed by atoms with E-state index in [1.165, 1.54) is 21.8 Å². The summed E-state index contributed by atoms with van der Waals surface area (Å²) in [5.41, 5.74) is 2.39. The molecule has 18 heavy (non-hydrogen) atoms. The number of rotatable bonds is 0. The van der Waals surface area contributed by atoms with Gasteiger partial charge in [0.2, 0.25) is 0 Å². The molecule has 94 valence electrons. The Hall–Kier alpha value is 0.819. The predicted molar refractivity (Wildman–Crippen MR) is 88.7 cm³/mol. The summed E-state index contributed by atoms with van der Waals surface area (Å²) >= 11 is 5.10. The Labute approximate surface area is 157 Å². The van der Waals surface area contributed by atoms with Gasteiger partial charge < -0.3 is 29.5 Å². The number of benzene rings is 1. The minimum atomic E-state index is 0. The van der Waals surface area contributed by atoms with E-state index in [4.69, 9.17) is 0 Å². The molecule has 1 aromatic rings. The van der Waals surface area contributed by atoms with Crippen molar-refractivity contribution >= 4 is 70.3 Å². The smallest absolute Gasteiger partial charge is 0.412 e. The quantitative estimate of drug-likeness (QED) is 0.224. The van der Waals surface area contributed by atoms with Crippen molar-refractivity contribution in [2.45, 2.75) is 0 Å². The van der Waals surface area contributed by atoms with Crippen LogP contribution >= 0.6 is 45.2 Å². The van der Waals surface area contributed by atoms with E-state index >= 15 is 0 Å². The van der Waals surface area contributed by atoms with E-state index in [1.807, 2.05) is 6.08 Å². The summed E-state index contributed by atoms with van der Waals surface area (Å²) in [6, 6.07) is 6.57. The van der Waals surface area contributed by atoms with Crippen molar-refractivity contribution in [3.63, 3.8) is 0 Å². The third kappa shape index (κ3) is 3.47. The number of allylic oxidation sites excluding steroid dienone is 5. The van der Waals surface area contributed by atoms with E-state index in [0.29, 0.717) is 15.0 Å². The number of halogens is 3. The van der Waals surface area contributed by atoms with Crippen LogP contribution in [0.2, 0.25) is 0 Å². The molecule has 1 aromatic carbocycles. The van der Waals surface area contributed by atoms with Gasteiger partial charge in [-0.3, -0.25) is 0 Å². The van der Waals surface area contributed by atoms with E-state index in [-0.39, 0.29) is 29.5 Å².